The molecule has 0 unspecified atom stereocenters. The Bertz CT molecular complexity index is 348. The molecule has 1 fully saturated rings. The Morgan fingerprint density at radius 1 is 1.19 bits per heavy atom. The van der Waals surface area contributed by atoms with Crippen molar-refractivity contribution in [3.05, 3.63) is 34.3 Å². The molecule has 1 aromatic carbocycles. The number of aliphatic hydroxyl groups excluding tert-OH is 1. The number of hydrogen-bond acceptors (Lipinski definition) is 2. The van der Waals surface area contributed by atoms with Crippen molar-refractivity contribution in [1.82, 2.24) is 4.90 Å². The van der Waals surface area contributed by atoms with Gasteiger partial charge in [-0.2, -0.15) is 0 Å². The molecular weight excluding hydrogens is 222 g/mol. The lowest BCUT2D eigenvalue weighted by molar-refractivity contribution is 0.220. The molecule has 1 aromatic rings. The topological polar surface area (TPSA) is 23.5 Å². The molecule has 0 aliphatic carbocycles. The fraction of sp³-hybridized carbons (Fsp3) is 0.538. The van der Waals surface area contributed by atoms with Crippen molar-refractivity contribution in [2.45, 2.75) is 32.4 Å². The zero-order valence-electron chi connectivity index (χ0n) is 9.45. The number of rotatable bonds is 3. The summed E-state index contributed by atoms with van der Waals surface area (Å²) in [4.78, 5) is 2.44. The van der Waals surface area contributed by atoms with E-state index in [0.717, 1.165) is 22.7 Å². The summed E-state index contributed by atoms with van der Waals surface area (Å²) in [6.45, 7) is 3.33. The molecule has 1 heterocycles. The number of benzene rings is 1. The maximum Gasteiger partial charge on any atom is 0.0681 e. The Morgan fingerprint density at radius 2 is 1.94 bits per heavy atom. The fourth-order valence-electron chi connectivity index (χ4n) is 2.21. The van der Waals surface area contributed by atoms with Gasteiger partial charge in [-0.25, -0.2) is 0 Å². The summed E-state index contributed by atoms with van der Waals surface area (Å²) in [5, 5.41) is 9.91. The zero-order valence-corrected chi connectivity index (χ0v) is 10.2. The first-order valence-corrected chi connectivity index (χ1v) is 6.28. The SMILES string of the molecule is OCc1ccc(Cl)c(CN2CCCCC2)c1. The van der Waals surface area contributed by atoms with Gasteiger partial charge in [0, 0.05) is 11.6 Å². The van der Waals surface area contributed by atoms with Crippen molar-refractivity contribution in [3.63, 3.8) is 0 Å². The smallest absolute Gasteiger partial charge is 0.0681 e. The van der Waals surface area contributed by atoms with Gasteiger partial charge >= 0.3 is 0 Å². The molecule has 0 radical (unpaired) electrons. The Morgan fingerprint density at radius 3 is 2.62 bits per heavy atom. The molecular formula is C13H18ClNO. The summed E-state index contributed by atoms with van der Waals surface area (Å²) in [6.07, 6.45) is 3.93. The number of piperidine rings is 1. The standard InChI is InChI=1S/C13H18ClNO/c14-13-5-4-11(10-16)8-12(13)9-15-6-2-1-3-7-15/h4-5,8,16H,1-3,6-7,9-10H2. The predicted molar refractivity (Wildman–Crippen MR) is 66.5 cm³/mol. The van der Waals surface area contributed by atoms with Crippen LogP contribution in [0.5, 0.6) is 0 Å². The monoisotopic (exact) mass is 239 g/mol. The van der Waals surface area contributed by atoms with Crippen LogP contribution >= 0.6 is 11.6 Å². The summed E-state index contributed by atoms with van der Waals surface area (Å²) >= 11 is 6.16. The van der Waals surface area contributed by atoms with E-state index in [4.69, 9.17) is 16.7 Å². The largest absolute Gasteiger partial charge is 0.392 e. The summed E-state index contributed by atoms with van der Waals surface area (Å²) in [5.74, 6) is 0. The van der Waals surface area contributed by atoms with Crippen molar-refractivity contribution >= 4 is 11.6 Å². The van der Waals surface area contributed by atoms with E-state index in [-0.39, 0.29) is 6.61 Å². The minimum Gasteiger partial charge on any atom is -0.392 e. The molecule has 1 aliphatic heterocycles. The predicted octanol–water partition coefficient (Wildman–Crippen LogP) is 2.82. The normalized spacial score (nSPS) is 17.6. The van der Waals surface area contributed by atoms with E-state index in [9.17, 15) is 0 Å². The lowest BCUT2D eigenvalue weighted by atomic mass is 10.1. The molecule has 0 saturated carbocycles. The van der Waals surface area contributed by atoms with E-state index in [1.165, 1.54) is 32.4 Å². The van der Waals surface area contributed by atoms with Crippen LogP contribution in [0.2, 0.25) is 5.02 Å². The Balaban J connectivity index is 2.06. The Kier molecular flexibility index (Phi) is 4.22. The average molecular weight is 240 g/mol. The third kappa shape index (κ3) is 2.97. The Labute approximate surface area is 102 Å². The van der Waals surface area contributed by atoms with Crippen LogP contribution in [-0.4, -0.2) is 23.1 Å². The zero-order chi connectivity index (χ0) is 11.4. The maximum absolute atomic E-state index is 9.10. The molecule has 1 N–H and O–H groups in total. The van der Waals surface area contributed by atoms with Crippen molar-refractivity contribution in [2.75, 3.05) is 13.1 Å². The van der Waals surface area contributed by atoms with E-state index in [1.54, 1.807) is 0 Å². The quantitative estimate of drug-likeness (QED) is 0.877. The lowest BCUT2D eigenvalue weighted by Crippen LogP contribution is -2.29. The Hall–Kier alpha value is -0.570. The van der Waals surface area contributed by atoms with Crippen LogP contribution in [0.25, 0.3) is 0 Å². The van der Waals surface area contributed by atoms with Crippen LogP contribution in [0.15, 0.2) is 18.2 Å². The molecule has 0 spiro atoms. The maximum atomic E-state index is 9.10. The van der Waals surface area contributed by atoms with Crippen molar-refractivity contribution in [1.29, 1.82) is 0 Å². The summed E-state index contributed by atoms with van der Waals surface area (Å²) in [6, 6.07) is 5.77. The van der Waals surface area contributed by atoms with Gasteiger partial charge in [0.25, 0.3) is 0 Å². The molecule has 1 aliphatic rings. The second-order valence-electron chi connectivity index (χ2n) is 4.42. The third-order valence-corrected chi connectivity index (χ3v) is 3.50. The first-order valence-electron chi connectivity index (χ1n) is 5.90. The number of nitrogens with zero attached hydrogens (tertiary/aromatic N) is 1. The lowest BCUT2D eigenvalue weighted by Gasteiger charge is -2.26. The summed E-state index contributed by atoms with van der Waals surface area (Å²) < 4.78 is 0. The van der Waals surface area contributed by atoms with Crippen LogP contribution in [0.3, 0.4) is 0 Å². The van der Waals surface area contributed by atoms with Gasteiger partial charge in [0.05, 0.1) is 6.61 Å². The van der Waals surface area contributed by atoms with Crippen LogP contribution < -0.4 is 0 Å². The average Bonchev–Trinajstić information content (AvgIpc) is 2.33. The molecule has 0 atom stereocenters. The van der Waals surface area contributed by atoms with Crippen molar-refractivity contribution in [3.8, 4) is 0 Å². The molecule has 2 rings (SSSR count). The van der Waals surface area contributed by atoms with E-state index in [2.05, 4.69) is 4.90 Å². The minimum absolute atomic E-state index is 0.0875. The van der Waals surface area contributed by atoms with Crippen molar-refractivity contribution in [2.24, 2.45) is 0 Å². The van der Waals surface area contributed by atoms with Gasteiger partial charge in [-0.15, -0.1) is 0 Å². The molecule has 0 bridgehead atoms. The fourth-order valence-corrected chi connectivity index (χ4v) is 2.38. The second kappa shape index (κ2) is 5.67. The number of halogens is 1. The van der Waals surface area contributed by atoms with Gasteiger partial charge in [-0.1, -0.05) is 30.2 Å². The highest BCUT2D eigenvalue weighted by Crippen LogP contribution is 2.21. The van der Waals surface area contributed by atoms with Gasteiger partial charge in [0.15, 0.2) is 0 Å². The summed E-state index contributed by atoms with van der Waals surface area (Å²) in [7, 11) is 0. The van der Waals surface area contributed by atoms with Crippen LogP contribution in [0.4, 0.5) is 0 Å². The van der Waals surface area contributed by atoms with Crippen molar-refractivity contribution < 1.29 is 5.11 Å². The van der Waals surface area contributed by atoms with Crippen LogP contribution in [-0.2, 0) is 13.2 Å². The molecule has 16 heavy (non-hydrogen) atoms. The van der Waals surface area contributed by atoms with E-state index >= 15 is 0 Å². The number of likely N-dealkylation sites (tertiary alicyclic amines) is 1. The molecule has 3 heteroatoms. The first-order chi connectivity index (χ1) is 7.79. The second-order valence-corrected chi connectivity index (χ2v) is 4.83. The molecule has 2 nitrogen and oxygen atoms in total. The highest BCUT2D eigenvalue weighted by atomic mass is 35.5. The first kappa shape index (κ1) is 11.9. The minimum atomic E-state index is 0.0875. The highest BCUT2D eigenvalue weighted by molar-refractivity contribution is 6.31. The van der Waals surface area contributed by atoms with Crippen LogP contribution in [0, 0.1) is 0 Å². The van der Waals surface area contributed by atoms with Gasteiger partial charge < -0.3 is 5.11 Å². The highest BCUT2D eigenvalue weighted by Gasteiger charge is 2.12. The van der Waals surface area contributed by atoms with Gasteiger partial charge in [0.1, 0.15) is 0 Å². The van der Waals surface area contributed by atoms with E-state index < -0.39 is 0 Å². The van der Waals surface area contributed by atoms with Gasteiger partial charge in [-0.05, 0) is 43.1 Å². The summed E-state index contributed by atoms with van der Waals surface area (Å²) in [5.41, 5.74) is 2.08. The van der Waals surface area contributed by atoms with Gasteiger partial charge in [0.2, 0.25) is 0 Å². The number of hydrogen-bond donors (Lipinski definition) is 1. The number of aliphatic hydroxyl groups is 1. The van der Waals surface area contributed by atoms with Gasteiger partial charge in [-0.3, -0.25) is 4.90 Å². The molecule has 0 aromatic heterocycles. The third-order valence-electron chi connectivity index (χ3n) is 3.14. The van der Waals surface area contributed by atoms with E-state index in [0.29, 0.717) is 0 Å². The molecule has 1 saturated heterocycles. The van der Waals surface area contributed by atoms with E-state index in [1.807, 2.05) is 18.2 Å². The molecule has 88 valence electrons. The van der Waals surface area contributed by atoms with Crippen LogP contribution in [0.1, 0.15) is 30.4 Å². The molecule has 0 amide bonds.